The van der Waals surface area contributed by atoms with E-state index in [-0.39, 0.29) is 5.91 Å². The number of carbonyl (C=O) groups is 1. The van der Waals surface area contributed by atoms with Gasteiger partial charge in [-0.2, -0.15) is 0 Å². The van der Waals surface area contributed by atoms with E-state index in [0.717, 1.165) is 0 Å². The summed E-state index contributed by atoms with van der Waals surface area (Å²) in [4.78, 5) is 20.5. The summed E-state index contributed by atoms with van der Waals surface area (Å²) in [7, 11) is 0. The molecule has 1 heterocycles. The summed E-state index contributed by atoms with van der Waals surface area (Å²) in [5.41, 5.74) is 1.62. The second-order valence-corrected chi connectivity index (χ2v) is 4.88. The highest BCUT2D eigenvalue weighted by atomic mass is 35.5. The van der Waals surface area contributed by atoms with Gasteiger partial charge in [-0.1, -0.05) is 11.6 Å². The number of anilines is 1. The van der Waals surface area contributed by atoms with Gasteiger partial charge in [0, 0.05) is 17.3 Å². The molecule has 0 fully saturated rings. The van der Waals surface area contributed by atoms with E-state index in [1.807, 2.05) is 6.92 Å². The van der Waals surface area contributed by atoms with Gasteiger partial charge in [0.05, 0.1) is 23.6 Å². The van der Waals surface area contributed by atoms with Crippen molar-refractivity contribution >= 4 is 23.2 Å². The highest BCUT2D eigenvalue weighted by Gasteiger charge is 2.14. The molecule has 0 bridgehead atoms. The smallest absolute Gasteiger partial charge is 0.259 e. The van der Waals surface area contributed by atoms with Crippen LogP contribution in [0.25, 0.3) is 0 Å². The van der Waals surface area contributed by atoms with Crippen LogP contribution in [-0.2, 0) is 0 Å². The first-order valence-corrected chi connectivity index (χ1v) is 6.93. The molecule has 1 amide bonds. The molecule has 110 valence electrons. The van der Waals surface area contributed by atoms with Crippen LogP contribution in [0.1, 0.15) is 28.8 Å². The minimum atomic E-state index is -0.282. The minimum Gasteiger partial charge on any atom is -0.492 e. The zero-order valence-electron chi connectivity index (χ0n) is 12.1. The van der Waals surface area contributed by atoms with Crippen LogP contribution in [0.15, 0.2) is 24.4 Å². The largest absolute Gasteiger partial charge is 0.492 e. The lowest BCUT2D eigenvalue weighted by Gasteiger charge is -2.12. The molecule has 0 aliphatic carbocycles. The lowest BCUT2D eigenvalue weighted by atomic mass is 10.2. The molecule has 0 aliphatic rings. The van der Waals surface area contributed by atoms with Gasteiger partial charge in [-0.3, -0.25) is 4.79 Å². The topological polar surface area (TPSA) is 64.1 Å². The number of halogens is 1. The number of ether oxygens (including phenoxy) is 1. The number of rotatable bonds is 4. The summed E-state index contributed by atoms with van der Waals surface area (Å²) in [6, 6.07) is 5.06. The Kier molecular flexibility index (Phi) is 4.75. The van der Waals surface area contributed by atoms with Crippen LogP contribution in [0.2, 0.25) is 5.02 Å². The lowest BCUT2D eigenvalue weighted by Crippen LogP contribution is -2.15. The predicted octanol–water partition coefficient (Wildman–Crippen LogP) is 3.40. The van der Waals surface area contributed by atoms with E-state index >= 15 is 0 Å². The average Bonchev–Trinajstić information content (AvgIpc) is 2.42. The molecule has 21 heavy (non-hydrogen) atoms. The zero-order chi connectivity index (χ0) is 15.4. The van der Waals surface area contributed by atoms with Gasteiger partial charge in [-0.05, 0) is 32.9 Å². The Balaban J connectivity index is 2.27. The van der Waals surface area contributed by atoms with E-state index in [4.69, 9.17) is 16.3 Å². The molecule has 0 spiro atoms. The third kappa shape index (κ3) is 3.70. The maximum absolute atomic E-state index is 12.3. The van der Waals surface area contributed by atoms with Crippen molar-refractivity contribution in [3.63, 3.8) is 0 Å². The highest BCUT2D eigenvalue weighted by molar-refractivity contribution is 6.30. The number of hydrogen-bond donors (Lipinski definition) is 1. The number of amides is 1. The fourth-order valence-electron chi connectivity index (χ4n) is 1.87. The number of nitrogens with zero attached hydrogens (tertiary/aromatic N) is 2. The van der Waals surface area contributed by atoms with E-state index in [1.54, 1.807) is 32.0 Å². The highest BCUT2D eigenvalue weighted by Crippen LogP contribution is 2.28. The van der Waals surface area contributed by atoms with Crippen LogP contribution < -0.4 is 10.1 Å². The van der Waals surface area contributed by atoms with E-state index in [9.17, 15) is 4.79 Å². The Labute approximate surface area is 128 Å². The Morgan fingerprint density at radius 2 is 2.14 bits per heavy atom. The van der Waals surface area contributed by atoms with Gasteiger partial charge in [-0.25, -0.2) is 9.97 Å². The van der Waals surface area contributed by atoms with Crippen LogP contribution in [0.4, 0.5) is 5.69 Å². The summed E-state index contributed by atoms with van der Waals surface area (Å²) in [5.74, 6) is 0.880. The van der Waals surface area contributed by atoms with Crippen molar-refractivity contribution in [3.05, 3.63) is 46.5 Å². The van der Waals surface area contributed by atoms with E-state index < -0.39 is 0 Å². The Hall–Kier alpha value is -2.14. The molecule has 6 heteroatoms. The standard InChI is InChI=1S/C15H16ClN3O2/c1-4-21-14-7-11(16)5-6-13(14)19-15(20)12-8-17-10(3)18-9(12)2/h5-8H,4H2,1-3H3,(H,19,20). The first kappa shape index (κ1) is 15.3. The zero-order valence-corrected chi connectivity index (χ0v) is 12.9. The second kappa shape index (κ2) is 6.54. The number of carbonyl (C=O) groups excluding carboxylic acids is 1. The third-order valence-electron chi connectivity index (χ3n) is 2.84. The van der Waals surface area contributed by atoms with Gasteiger partial charge in [0.2, 0.25) is 0 Å². The first-order chi connectivity index (χ1) is 10.0. The number of aromatic nitrogens is 2. The monoisotopic (exact) mass is 305 g/mol. The van der Waals surface area contributed by atoms with Crippen molar-refractivity contribution in [2.75, 3.05) is 11.9 Å². The van der Waals surface area contributed by atoms with Gasteiger partial charge < -0.3 is 10.1 Å². The Bertz CT molecular complexity index is 674. The molecule has 0 atom stereocenters. The summed E-state index contributed by atoms with van der Waals surface area (Å²) in [6.07, 6.45) is 1.52. The van der Waals surface area contributed by atoms with Crippen molar-refractivity contribution in [3.8, 4) is 5.75 Å². The van der Waals surface area contributed by atoms with E-state index in [1.165, 1.54) is 6.20 Å². The number of aryl methyl sites for hydroxylation is 2. The molecule has 2 rings (SSSR count). The molecule has 1 N–H and O–H groups in total. The molecule has 0 unspecified atom stereocenters. The molecular weight excluding hydrogens is 290 g/mol. The van der Waals surface area contributed by atoms with Gasteiger partial charge in [0.15, 0.2) is 0 Å². The molecular formula is C15H16ClN3O2. The summed E-state index contributed by atoms with van der Waals surface area (Å²) >= 11 is 5.94. The van der Waals surface area contributed by atoms with Gasteiger partial charge in [-0.15, -0.1) is 0 Å². The minimum absolute atomic E-state index is 0.282. The van der Waals surface area contributed by atoms with Crippen LogP contribution in [0.5, 0.6) is 5.75 Å². The van der Waals surface area contributed by atoms with Gasteiger partial charge in [0.25, 0.3) is 5.91 Å². The molecule has 0 saturated heterocycles. The van der Waals surface area contributed by atoms with Gasteiger partial charge >= 0.3 is 0 Å². The van der Waals surface area contributed by atoms with Crippen molar-refractivity contribution < 1.29 is 9.53 Å². The number of nitrogens with one attached hydrogen (secondary N) is 1. The van der Waals surface area contributed by atoms with Gasteiger partial charge in [0.1, 0.15) is 11.6 Å². The quantitative estimate of drug-likeness (QED) is 0.940. The van der Waals surface area contributed by atoms with E-state index in [2.05, 4.69) is 15.3 Å². The Morgan fingerprint density at radius 3 is 2.81 bits per heavy atom. The molecule has 5 nitrogen and oxygen atoms in total. The maximum Gasteiger partial charge on any atom is 0.259 e. The maximum atomic E-state index is 12.3. The van der Waals surface area contributed by atoms with Crippen LogP contribution in [0, 0.1) is 13.8 Å². The first-order valence-electron chi connectivity index (χ1n) is 6.55. The third-order valence-corrected chi connectivity index (χ3v) is 3.07. The number of hydrogen-bond acceptors (Lipinski definition) is 4. The summed E-state index contributed by atoms with van der Waals surface area (Å²) in [5, 5.41) is 3.34. The van der Waals surface area contributed by atoms with Crippen molar-refractivity contribution in [1.29, 1.82) is 0 Å². The van der Waals surface area contributed by atoms with Crippen molar-refractivity contribution in [1.82, 2.24) is 9.97 Å². The molecule has 1 aromatic carbocycles. The fourth-order valence-corrected chi connectivity index (χ4v) is 2.03. The lowest BCUT2D eigenvalue weighted by molar-refractivity contribution is 0.102. The molecule has 0 saturated carbocycles. The predicted molar refractivity (Wildman–Crippen MR) is 82.1 cm³/mol. The fraction of sp³-hybridized carbons (Fsp3) is 0.267. The molecule has 2 aromatic rings. The summed E-state index contributed by atoms with van der Waals surface area (Å²) < 4.78 is 5.47. The average molecular weight is 306 g/mol. The van der Waals surface area contributed by atoms with Crippen LogP contribution >= 0.6 is 11.6 Å². The summed E-state index contributed by atoms with van der Waals surface area (Å²) in [6.45, 7) is 5.90. The Morgan fingerprint density at radius 1 is 1.38 bits per heavy atom. The SMILES string of the molecule is CCOc1cc(Cl)ccc1NC(=O)c1cnc(C)nc1C. The van der Waals surface area contributed by atoms with Crippen LogP contribution in [-0.4, -0.2) is 22.5 Å². The normalized spacial score (nSPS) is 10.3. The van der Waals surface area contributed by atoms with Crippen LogP contribution in [0.3, 0.4) is 0 Å². The molecule has 1 aromatic heterocycles. The van der Waals surface area contributed by atoms with Crippen molar-refractivity contribution in [2.24, 2.45) is 0 Å². The van der Waals surface area contributed by atoms with Crippen molar-refractivity contribution in [2.45, 2.75) is 20.8 Å². The second-order valence-electron chi connectivity index (χ2n) is 4.44. The number of benzene rings is 1. The van der Waals surface area contributed by atoms with E-state index in [0.29, 0.717) is 40.1 Å². The molecule has 0 aliphatic heterocycles. The molecule has 0 radical (unpaired) electrons.